The van der Waals surface area contributed by atoms with Crippen LogP contribution < -0.4 is 10.2 Å². The molecular weight excluding hydrogens is 351 g/mol. The number of halogens is 1. The van der Waals surface area contributed by atoms with Crippen molar-refractivity contribution in [2.75, 3.05) is 11.4 Å². The van der Waals surface area contributed by atoms with Crippen molar-refractivity contribution < 1.29 is 18.8 Å². The number of rotatable bonds is 3. The van der Waals surface area contributed by atoms with Gasteiger partial charge in [0.05, 0.1) is 5.69 Å². The molecule has 7 nitrogen and oxygen atoms in total. The van der Waals surface area contributed by atoms with E-state index in [-0.39, 0.29) is 17.6 Å². The average Bonchev–Trinajstić information content (AvgIpc) is 2.92. The van der Waals surface area contributed by atoms with Gasteiger partial charge in [0.1, 0.15) is 11.9 Å². The number of benzene rings is 1. The Kier molecular flexibility index (Phi) is 4.31. The lowest BCUT2D eigenvalue weighted by atomic mass is 9.97. The molecule has 2 aliphatic rings. The van der Waals surface area contributed by atoms with E-state index < -0.39 is 23.8 Å². The third-order valence-electron chi connectivity index (χ3n) is 4.89. The van der Waals surface area contributed by atoms with E-state index in [2.05, 4.69) is 10.3 Å². The maximum Gasteiger partial charge on any atom is 0.332 e. The zero-order chi connectivity index (χ0) is 19.0. The average molecular weight is 368 g/mol. The number of urea groups is 1. The van der Waals surface area contributed by atoms with Crippen molar-refractivity contribution in [2.45, 2.75) is 24.9 Å². The van der Waals surface area contributed by atoms with Gasteiger partial charge in [0, 0.05) is 30.5 Å². The first-order valence-corrected chi connectivity index (χ1v) is 8.65. The first-order valence-electron chi connectivity index (χ1n) is 8.65. The van der Waals surface area contributed by atoms with Crippen LogP contribution in [-0.4, -0.2) is 46.4 Å². The molecule has 0 bridgehead atoms. The second-order valence-electron chi connectivity index (χ2n) is 6.58. The number of nitrogens with zero attached hydrogens (tertiary/aromatic N) is 3. The van der Waals surface area contributed by atoms with E-state index in [0.717, 1.165) is 11.0 Å². The predicted octanol–water partition coefficient (Wildman–Crippen LogP) is 1.95. The van der Waals surface area contributed by atoms with Crippen LogP contribution in [0.5, 0.6) is 0 Å². The van der Waals surface area contributed by atoms with E-state index in [9.17, 15) is 18.8 Å². The van der Waals surface area contributed by atoms with Crippen LogP contribution in [0.15, 0.2) is 48.8 Å². The first kappa shape index (κ1) is 17.1. The summed E-state index contributed by atoms with van der Waals surface area (Å²) in [7, 11) is 0. The normalized spacial score (nSPS) is 22.0. The minimum Gasteiger partial charge on any atom is -0.349 e. The highest BCUT2D eigenvalue weighted by Gasteiger charge is 2.48. The molecule has 2 saturated heterocycles. The number of carbonyl (C=O) groups is 3. The highest BCUT2D eigenvalue weighted by molar-refractivity contribution is 6.21. The van der Waals surface area contributed by atoms with Gasteiger partial charge in [-0.15, -0.1) is 0 Å². The number of piperidine rings is 1. The summed E-state index contributed by atoms with van der Waals surface area (Å²) in [5, 5.41) is 2.91. The van der Waals surface area contributed by atoms with Crippen molar-refractivity contribution in [3.05, 3.63) is 60.2 Å². The molecule has 0 aliphatic carbocycles. The molecule has 27 heavy (non-hydrogen) atoms. The maximum atomic E-state index is 13.5. The fourth-order valence-electron chi connectivity index (χ4n) is 3.56. The number of anilines is 1. The molecule has 1 N–H and O–H groups in total. The zero-order valence-electron chi connectivity index (χ0n) is 14.3. The second-order valence-corrected chi connectivity index (χ2v) is 6.58. The molecule has 3 heterocycles. The topological polar surface area (TPSA) is 82.6 Å². The minimum atomic E-state index is -0.655. The molecule has 138 valence electrons. The highest BCUT2D eigenvalue weighted by Crippen LogP contribution is 2.31. The molecular formula is C19H17FN4O3. The fourth-order valence-corrected chi connectivity index (χ4v) is 3.56. The molecule has 0 saturated carbocycles. The largest absolute Gasteiger partial charge is 0.349 e. The molecule has 2 aromatic rings. The summed E-state index contributed by atoms with van der Waals surface area (Å²) in [6, 6.07) is 7.30. The summed E-state index contributed by atoms with van der Waals surface area (Å²) >= 11 is 0. The van der Waals surface area contributed by atoms with E-state index >= 15 is 0 Å². The molecule has 8 heteroatoms. The maximum absolute atomic E-state index is 13.5. The molecule has 0 spiro atoms. The third kappa shape index (κ3) is 3.14. The molecule has 4 amide bonds. The number of amides is 4. The van der Waals surface area contributed by atoms with Gasteiger partial charge in [-0.25, -0.2) is 14.1 Å². The number of hydrogen-bond acceptors (Lipinski definition) is 4. The Hall–Kier alpha value is -3.29. The summed E-state index contributed by atoms with van der Waals surface area (Å²) in [5.74, 6) is -1.15. The number of hydrogen-bond donors (Lipinski definition) is 1. The van der Waals surface area contributed by atoms with Gasteiger partial charge < -0.3 is 10.2 Å². The van der Waals surface area contributed by atoms with Crippen LogP contribution in [0.1, 0.15) is 23.2 Å². The summed E-state index contributed by atoms with van der Waals surface area (Å²) in [6.07, 6.45) is 3.94. The number of aromatic nitrogens is 1. The molecule has 2 fully saturated rings. The second kappa shape index (κ2) is 6.79. The van der Waals surface area contributed by atoms with Crippen molar-refractivity contribution in [3.63, 3.8) is 0 Å². The molecule has 1 aromatic carbocycles. The van der Waals surface area contributed by atoms with E-state index in [4.69, 9.17) is 0 Å². The summed E-state index contributed by atoms with van der Waals surface area (Å²) in [4.78, 5) is 44.1. The Labute approximate surface area is 154 Å². The van der Waals surface area contributed by atoms with Gasteiger partial charge in [-0.1, -0.05) is 6.07 Å². The van der Waals surface area contributed by atoms with Gasteiger partial charge in [-0.05, 0) is 43.2 Å². The smallest absolute Gasteiger partial charge is 0.332 e. The molecule has 1 aromatic heterocycles. The number of fused-ring (bicyclic) bond motifs is 1. The minimum absolute atomic E-state index is 0.219. The number of imide groups is 1. The van der Waals surface area contributed by atoms with Crippen molar-refractivity contribution in [2.24, 2.45) is 0 Å². The predicted molar refractivity (Wildman–Crippen MR) is 94.5 cm³/mol. The number of nitrogens with one attached hydrogen (secondary N) is 1. The zero-order valence-corrected chi connectivity index (χ0v) is 14.3. The van der Waals surface area contributed by atoms with Crippen LogP contribution in [0.4, 0.5) is 14.9 Å². The summed E-state index contributed by atoms with van der Waals surface area (Å²) in [5.41, 5.74) is 0.708. The third-order valence-corrected chi connectivity index (χ3v) is 4.89. The van der Waals surface area contributed by atoms with Crippen LogP contribution in [0.3, 0.4) is 0 Å². The van der Waals surface area contributed by atoms with Crippen LogP contribution >= 0.6 is 0 Å². The summed E-state index contributed by atoms with van der Waals surface area (Å²) in [6.45, 7) is 0.350. The lowest BCUT2D eigenvalue weighted by Crippen LogP contribution is -2.49. The van der Waals surface area contributed by atoms with E-state index in [1.807, 2.05) is 0 Å². The van der Waals surface area contributed by atoms with Crippen LogP contribution in [0.25, 0.3) is 0 Å². The highest BCUT2D eigenvalue weighted by atomic mass is 19.1. The van der Waals surface area contributed by atoms with Crippen LogP contribution in [0.2, 0.25) is 0 Å². The monoisotopic (exact) mass is 368 g/mol. The number of pyridine rings is 1. The van der Waals surface area contributed by atoms with Gasteiger partial charge >= 0.3 is 6.03 Å². The lowest BCUT2D eigenvalue weighted by molar-refractivity contribution is -0.120. The Balaban J connectivity index is 1.49. The Bertz CT molecular complexity index is 905. The van der Waals surface area contributed by atoms with Crippen LogP contribution in [-0.2, 0) is 4.79 Å². The molecule has 0 unspecified atom stereocenters. The van der Waals surface area contributed by atoms with E-state index in [0.29, 0.717) is 24.9 Å². The van der Waals surface area contributed by atoms with Crippen molar-refractivity contribution in [1.29, 1.82) is 0 Å². The SMILES string of the molecule is O=C(N[C@H]1CCN2C(=O)N(c3cccc(F)c3)C(=O)[C@H]2C1)c1ccncc1. The van der Waals surface area contributed by atoms with Gasteiger partial charge in [0.25, 0.3) is 11.8 Å². The van der Waals surface area contributed by atoms with Gasteiger partial charge in [0.15, 0.2) is 0 Å². The van der Waals surface area contributed by atoms with Gasteiger partial charge in [-0.2, -0.15) is 0 Å². The first-order chi connectivity index (χ1) is 13.0. The Morgan fingerprint density at radius 2 is 1.96 bits per heavy atom. The number of carbonyl (C=O) groups excluding carboxylic acids is 3. The van der Waals surface area contributed by atoms with Gasteiger partial charge in [0.2, 0.25) is 0 Å². The molecule has 0 radical (unpaired) electrons. The Morgan fingerprint density at radius 3 is 2.70 bits per heavy atom. The van der Waals surface area contributed by atoms with E-state index in [1.54, 1.807) is 12.1 Å². The molecule has 4 rings (SSSR count). The standard InChI is InChI=1S/C19H17FN4O3/c20-13-2-1-3-15(10-13)24-18(26)16-11-14(6-9-23(16)19(24)27)22-17(25)12-4-7-21-8-5-12/h1-5,7-8,10,14,16H,6,9,11H2,(H,22,25)/t14-,16+/m0/s1. The molecule has 2 atom stereocenters. The van der Waals surface area contributed by atoms with Crippen molar-refractivity contribution >= 4 is 23.5 Å². The molecule has 2 aliphatic heterocycles. The Morgan fingerprint density at radius 1 is 1.19 bits per heavy atom. The van der Waals surface area contributed by atoms with Crippen molar-refractivity contribution in [1.82, 2.24) is 15.2 Å². The quantitative estimate of drug-likeness (QED) is 0.840. The van der Waals surface area contributed by atoms with E-state index in [1.165, 1.54) is 35.5 Å². The van der Waals surface area contributed by atoms with Crippen molar-refractivity contribution in [3.8, 4) is 0 Å². The van der Waals surface area contributed by atoms with Crippen LogP contribution in [0, 0.1) is 5.82 Å². The lowest BCUT2D eigenvalue weighted by Gasteiger charge is -2.32. The van der Waals surface area contributed by atoms with Gasteiger partial charge in [-0.3, -0.25) is 14.6 Å². The fraction of sp³-hybridized carbons (Fsp3) is 0.263. The summed E-state index contributed by atoms with van der Waals surface area (Å²) < 4.78 is 13.5.